The molecule has 0 aliphatic carbocycles. The molecule has 0 spiro atoms. The fourth-order valence-corrected chi connectivity index (χ4v) is 3.86. The van der Waals surface area contributed by atoms with Gasteiger partial charge >= 0.3 is 0 Å². The number of aryl methyl sites for hydroxylation is 1. The Morgan fingerprint density at radius 2 is 1.67 bits per heavy atom. The second-order valence-electron chi connectivity index (χ2n) is 7.23. The van der Waals surface area contributed by atoms with Gasteiger partial charge in [0.05, 0.1) is 18.7 Å². The van der Waals surface area contributed by atoms with Crippen LogP contribution in [0.4, 0.5) is 0 Å². The van der Waals surface area contributed by atoms with Gasteiger partial charge in [0.15, 0.2) is 11.5 Å². The molecule has 0 radical (unpaired) electrons. The van der Waals surface area contributed by atoms with Crippen molar-refractivity contribution < 1.29 is 19.1 Å². The lowest BCUT2D eigenvalue weighted by atomic mass is 10.1. The summed E-state index contributed by atoms with van der Waals surface area (Å²) in [6, 6.07) is 10.8. The van der Waals surface area contributed by atoms with E-state index in [0.29, 0.717) is 66.9 Å². The van der Waals surface area contributed by atoms with Crippen molar-refractivity contribution in [1.82, 2.24) is 9.80 Å². The summed E-state index contributed by atoms with van der Waals surface area (Å²) in [5.74, 6) is 0.727. The molecule has 160 valence electrons. The first-order valence-electron chi connectivity index (χ1n) is 10.1. The summed E-state index contributed by atoms with van der Waals surface area (Å²) in [6.07, 6.45) is 0.713. The van der Waals surface area contributed by atoms with Crippen molar-refractivity contribution in [2.24, 2.45) is 0 Å². The third-order valence-electron chi connectivity index (χ3n) is 5.10. The number of rotatable bonds is 5. The van der Waals surface area contributed by atoms with Crippen molar-refractivity contribution in [2.45, 2.75) is 20.3 Å². The highest BCUT2D eigenvalue weighted by Gasteiger charge is 2.25. The van der Waals surface area contributed by atoms with E-state index < -0.39 is 0 Å². The summed E-state index contributed by atoms with van der Waals surface area (Å²) >= 11 is 6.32. The molecule has 0 N–H and O–H groups in total. The number of ether oxygens (including phenoxy) is 2. The Morgan fingerprint density at radius 3 is 2.27 bits per heavy atom. The molecule has 1 heterocycles. The highest BCUT2D eigenvalue weighted by molar-refractivity contribution is 6.32. The van der Waals surface area contributed by atoms with Crippen molar-refractivity contribution in [3.8, 4) is 11.5 Å². The van der Waals surface area contributed by atoms with Crippen LogP contribution in [0.15, 0.2) is 36.4 Å². The minimum absolute atomic E-state index is 0.00113. The molecule has 3 rings (SSSR count). The SMILES string of the molecule is CCOc1c(Cl)cc(C(=O)N2CCCN(C(=O)c3cccc(C)c3)CC2)cc1OC. The standard InChI is InChI=1S/C23H27ClN2O4/c1-4-30-21-19(24)14-18(15-20(21)29-3)23(28)26-10-6-9-25(11-12-26)22(27)17-8-5-7-16(2)13-17/h5,7-8,13-15H,4,6,9-12H2,1-3H3. The summed E-state index contributed by atoms with van der Waals surface area (Å²) in [4.78, 5) is 29.5. The molecule has 0 saturated carbocycles. The minimum Gasteiger partial charge on any atom is -0.493 e. The topological polar surface area (TPSA) is 59.1 Å². The van der Waals surface area contributed by atoms with Gasteiger partial charge in [0, 0.05) is 37.3 Å². The molecule has 6 nitrogen and oxygen atoms in total. The number of halogens is 1. The molecular formula is C23H27ClN2O4. The first-order chi connectivity index (χ1) is 14.4. The molecule has 0 bridgehead atoms. The van der Waals surface area contributed by atoms with Gasteiger partial charge in [0.1, 0.15) is 0 Å². The van der Waals surface area contributed by atoms with Crippen LogP contribution in [0.1, 0.15) is 39.6 Å². The third kappa shape index (κ3) is 4.87. The van der Waals surface area contributed by atoms with Gasteiger partial charge < -0.3 is 19.3 Å². The van der Waals surface area contributed by atoms with Gasteiger partial charge in [-0.3, -0.25) is 9.59 Å². The number of nitrogens with zero attached hydrogens (tertiary/aromatic N) is 2. The molecule has 1 saturated heterocycles. The van der Waals surface area contributed by atoms with Crippen LogP contribution in [0.3, 0.4) is 0 Å². The second kappa shape index (κ2) is 9.85. The lowest BCUT2D eigenvalue weighted by Gasteiger charge is -2.23. The van der Waals surface area contributed by atoms with Gasteiger partial charge in [0.2, 0.25) is 0 Å². The zero-order chi connectivity index (χ0) is 21.7. The van der Waals surface area contributed by atoms with Crippen molar-refractivity contribution in [3.05, 3.63) is 58.1 Å². The maximum absolute atomic E-state index is 13.1. The second-order valence-corrected chi connectivity index (χ2v) is 7.64. The Labute approximate surface area is 182 Å². The van der Waals surface area contributed by atoms with E-state index in [2.05, 4.69) is 0 Å². The zero-order valence-corrected chi connectivity index (χ0v) is 18.4. The summed E-state index contributed by atoms with van der Waals surface area (Å²) < 4.78 is 10.9. The van der Waals surface area contributed by atoms with Crippen molar-refractivity contribution >= 4 is 23.4 Å². The van der Waals surface area contributed by atoms with Gasteiger partial charge in [-0.15, -0.1) is 0 Å². The molecule has 0 unspecified atom stereocenters. The largest absolute Gasteiger partial charge is 0.493 e. The Balaban J connectivity index is 1.73. The molecule has 7 heteroatoms. The molecule has 0 atom stereocenters. The molecule has 1 fully saturated rings. The minimum atomic E-state index is -0.136. The van der Waals surface area contributed by atoms with E-state index in [1.54, 1.807) is 17.0 Å². The van der Waals surface area contributed by atoms with Crippen LogP contribution in [-0.2, 0) is 0 Å². The van der Waals surface area contributed by atoms with E-state index in [1.807, 2.05) is 43.0 Å². The first-order valence-corrected chi connectivity index (χ1v) is 10.5. The molecule has 1 aliphatic heterocycles. The van der Waals surface area contributed by atoms with Crippen LogP contribution in [0.5, 0.6) is 11.5 Å². The van der Waals surface area contributed by atoms with E-state index >= 15 is 0 Å². The smallest absolute Gasteiger partial charge is 0.254 e. The fourth-order valence-electron chi connectivity index (χ4n) is 3.59. The van der Waals surface area contributed by atoms with Crippen LogP contribution in [0, 0.1) is 6.92 Å². The molecule has 2 aromatic carbocycles. The zero-order valence-electron chi connectivity index (χ0n) is 17.6. The summed E-state index contributed by atoms with van der Waals surface area (Å²) in [6.45, 7) is 6.41. The number of carbonyl (C=O) groups is 2. The average Bonchev–Trinajstić information content (AvgIpc) is 3.00. The van der Waals surface area contributed by atoms with Crippen molar-refractivity contribution in [2.75, 3.05) is 39.9 Å². The van der Waals surface area contributed by atoms with Crippen LogP contribution >= 0.6 is 11.6 Å². The van der Waals surface area contributed by atoms with E-state index in [0.717, 1.165) is 5.56 Å². The molecule has 1 aliphatic rings. The highest BCUT2D eigenvalue weighted by atomic mass is 35.5. The lowest BCUT2D eigenvalue weighted by molar-refractivity contribution is 0.0718. The van der Waals surface area contributed by atoms with E-state index in [4.69, 9.17) is 21.1 Å². The van der Waals surface area contributed by atoms with Gasteiger partial charge in [-0.05, 0) is 44.5 Å². The Bertz CT molecular complexity index is 931. The molecule has 0 aromatic heterocycles. The molecule has 2 aromatic rings. The van der Waals surface area contributed by atoms with E-state index in [9.17, 15) is 9.59 Å². The van der Waals surface area contributed by atoms with Crippen LogP contribution in [0.25, 0.3) is 0 Å². The Hall–Kier alpha value is -2.73. The van der Waals surface area contributed by atoms with Crippen LogP contribution in [0.2, 0.25) is 5.02 Å². The Kier molecular flexibility index (Phi) is 7.21. The number of amides is 2. The fraction of sp³-hybridized carbons (Fsp3) is 0.391. The maximum atomic E-state index is 13.1. The maximum Gasteiger partial charge on any atom is 0.254 e. The summed E-state index contributed by atoms with van der Waals surface area (Å²) in [5.41, 5.74) is 2.17. The van der Waals surface area contributed by atoms with E-state index in [1.165, 1.54) is 7.11 Å². The number of carbonyl (C=O) groups excluding carboxylic acids is 2. The van der Waals surface area contributed by atoms with Gasteiger partial charge in [-0.2, -0.15) is 0 Å². The van der Waals surface area contributed by atoms with Crippen molar-refractivity contribution in [3.63, 3.8) is 0 Å². The number of hydrogen-bond acceptors (Lipinski definition) is 4. The highest BCUT2D eigenvalue weighted by Crippen LogP contribution is 2.36. The number of methoxy groups -OCH3 is 1. The molecular weight excluding hydrogens is 404 g/mol. The van der Waals surface area contributed by atoms with Gasteiger partial charge in [-0.25, -0.2) is 0 Å². The monoisotopic (exact) mass is 430 g/mol. The molecule has 2 amide bonds. The number of hydrogen-bond donors (Lipinski definition) is 0. The predicted molar refractivity (Wildman–Crippen MR) is 117 cm³/mol. The summed E-state index contributed by atoms with van der Waals surface area (Å²) in [7, 11) is 1.52. The van der Waals surface area contributed by atoms with Crippen LogP contribution in [-0.4, -0.2) is 61.5 Å². The van der Waals surface area contributed by atoms with E-state index in [-0.39, 0.29) is 11.8 Å². The lowest BCUT2D eigenvalue weighted by Crippen LogP contribution is -2.37. The predicted octanol–water partition coefficient (Wildman–Crippen LogP) is 4.04. The van der Waals surface area contributed by atoms with Crippen molar-refractivity contribution in [1.29, 1.82) is 0 Å². The third-order valence-corrected chi connectivity index (χ3v) is 5.38. The number of benzene rings is 2. The average molecular weight is 431 g/mol. The normalized spacial score (nSPS) is 14.3. The quantitative estimate of drug-likeness (QED) is 0.718. The van der Waals surface area contributed by atoms with Crippen LogP contribution < -0.4 is 9.47 Å². The molecule has 30 heavy (non-hydrogen) atoms. The Morgan fingerprint density at radius 1 is 1.00 bits per heavy atom. The summed E-state index contributed by atoms with van der Waals surface area (Å²) in [5, 5.41) is 0.339. The first kappa shape index (κ1) is 22.0. The van der Waals surface area contributed by atoms with Gasteiger partial charge in [-0.1, -0.05) is 29.3 Å². The van der Waals surface area contributed by atoms with Gasteiger partial charge in [0.25, 0.3) is 11.8 Å².